The molecule has 0 saturated heterocycles. The van der Waals surface area contributed by atoms with Crippen LogP contribution in [0.4, 0.5) is 0 Å². The molecule has 0 spiro atoms. The van der Waals surface area contributed by atoms with Crippen molar-refractivity contribution in [1.82, 2.24) is 0 Å². The van der Waals surface area contributed by atoms with E-state index in [9.17, 15) is 0 Å². The Bertz CT molecular complexity index is 378. The summed E-state index contributed by atoms with van der Waals surface area (Å²) in [5.41, 5.74) is 2.35. The SMILES string of the molecule is C=Cc1ccccc1.C=Cc1ccccc1.[Na].[Na]. The molecule has 82 valence electrons. The minimum atomic E-state index is 0. The number of rotatable bonds is 2. The summed E-state index contributed by atoms with van der Waals surface area (Å²) in [4.78, 5) is 0. The standard InChI is InChI=1S/2C8H8.2Na/c2*1-2-8-6-4-3-5-7-8;;/h2*2-7H,1H2;;. The predicted octanol–water partition coefficient (Wildman–Crippen LogP) is 3.90. The van der Waals surface area contributed by atoms with E-state index < -0.39 is 0 Å². The molecule has 0 nitrogen and oxygen atoms in total. The Morgan fingerprint density at radius 3 is 1.00 bits per heavy atom. The van der Waals surface area contributed by atoms with E-state index >= 15 is 0 Å². The second-order valence-corrected chi connectivity index (χ2v) is 3.23. The van der Waals surface area contributed by atoms with Gasteiger partial charge in [0.15, 0.2) is 0 Å². The first kappa shape index (κ1) is 20.2. The van der Waals surface area contributed by atoms with Gasteiger partial charge in [0.2, 0.25) is 0 Å². The van der Waals surface area contributed by atoms with Crippen molar-refractivity contribution in [3.63, 3.8) is 0 Å². The Balaban J connectivity index is 0. The van der Waals surface area contributed by atoms with Gasteiger partial charge in [-0.2, -0.15) is 0 Å². The van der Waals surface area contributed by atoms with Gasteiger partial charge >= 0.3 is 0 Å². The molecule has 0 aliphatic heterocycles. The molecule has 2 rings (SSSR count). The fraction of sp³-hybridized carbons (Fsp3) is 0. The summed E-state index contributed by atoms with van der Waals surface area (Å²) in [6.45, 7) is 7.26. The molecule has 0 amide bonds. The van der Waals surface area contributed by atoms with E-state index in [1.807, 2.05) is 72.8 Å². The Labute approximate surface area is 154 Å². The van der Waals surface area contributed by atoms with Gasteiger partial charge in [0.1, 0.15) is 0 Å². The summed E-state index contributed by atoms with van der Waals surface area (Å²) < 4.78 is 0. The molecule has 0 aromatic heterocycles. The van der Waals surface area contributed by atoms with Gasteiger partial charge in [-0.3, -0.25) is 0 Å². The fourth-order valence-corrected chi connectivity index (χ4v) is 1.18. The smallest absolute Gasteiger partial charge is 0 e. The van der Waals surface area contributed by atoms with Crippen LogP contribution in [0.1, 0.15) is 11.1 Å². The Hall–Kier alpha value is -0.0800. The second kappa shape index (κ2) is 13.4. The number of hydrogen-bond donors (Lipinski definition) is 0. The molecule has 0 fully saturated rings. The molecule has 0 unspecified atom stereocenters. The third-order valence-corrected chi connectivity index (χ3v) is 2.07. The van der Waals surface area contributed by atoms with E-state index in [-0.39, 0.29) is 59.1 Å². The normalized spacial score (nSPS) is 7.56. The van der Waals surface area contributed by atoms with Gasteiger partial charge in [0.25, 0.3) is 0 Å². The largest absolute Gasteiger partial charge is 0.0985 e. The molecule has 18 heavy (non-hydrogen) atoms. The van der Waals surface area contributed by atoms with E-state index in [2.05, 4.69) is 13.2 Å². The van der Waals surface area contributed by atoms with Crippen LogP contribution in [-0.2, 0) is 0 Å². The summed E-state index contributed by atoms with van der Waals surface area (Å²) >= 11 is 0. The zero-order chi connectivity index (χ0) is 11.6. The molecule has 0 N–H and O–H groups in total. The van der Waals surface area contributed by atoms with Gasteiger partial charge < -0.3 is 0 Å². The van der Waals surface area contributed by atoms with Crippen LogP contribution in [0, 0.1) is 0 Å². The molecule has 0 bridgehead atoms. The molecule has 2 aromatic rings. The summed E-state index contributed by atoms with van der Waals surface area (Å²) in [7, 11) is 0. The second-order valence-electron chi connectivity index (χ2n) is 3.23. The fourth-order valence-electron chi connectivity index (χ4n) is 1.18. The molecular formula is C16H16Na2. The van der Waals surface area contributed by atoms with Crippen LogP contribution in [0.3, 0.4) is 0 Å². The monoisotopic (exact) mass is 254 g/mol. The predicted molar refractivity (Wildman–Crippen MR) is 84.6 cm³/mol. The van der Waals surface area contributed by atoms with Crippen LogP contribution in [0.5, 0.6) is 0 Å². The molecule has 2 radical (unpaired) electrons. The summed E-state index contributed by atoms with van der Waals surface area (Å²) in [6, 6.07) is 20.1. The quantitative estimate of drug-likeness (QED) is 0.713. The number of benzene rings is 2. The van der Waals surface area contributed by atoms with E-state index in [0.29, 0.717) is 0 Å². The molecule has 0 saturated carbocycles. The zero-order valence-corrected chi connectivity index (χ0v) is 15.3. The molecular weight excluding hydrogens is 238 g/mol. The van der Waals surface area contributed by atoms with Crippen LogP contribution < -0.4 is 0 Å². The maximum Gasteiger partial charge on any atom is 0 e. The van der Waals surface area contributed by atoms with Gasteiger partial charge in [-0.25, -0.2) is 0 Å². The van der Waals surface area contributed by atoms with Crippen molar-refractivity contribution in [1.29, 1.82) is 0 Å². The van der Waals surface area contributed by atoms with E-state index in [0.717, 1.165) is 0 Å². The van der Waals surface area contributed by atoms with Crippen LogP contribution in [0.15, 0.2) is 73.8 Å². The van der Waals surface area contributed by atoms with Crippen molar-refractivity contribution in [3.8, 4) is 0 Å². The van der Waals surface area contributed by atoms with Crippen molar-refractivity contribution >= 4 is 71.3 Å². The molecule has 2 heteroatoms. The minimum absolute atomic E-state index is 0. The van der Waals surface area contributed by atoms with Crippen LogP contribution >= 0.6 is 0 Å². The van der Waals surface area contributed by atoms with Gasteiger partial charge in [-0.15, -0.1) is 0 Å². The summed E-state index contributed by atoms with van der Waals surface area (Å²) in [5.74, 6) is 0. The maximum absolute atomic E-state index is 3.63. The third kappa shape index (κ3) is 8.93. The van der Waals surface area contributed by atoms with E-state index in [1.165, 1.54) is 11.1 Å². The zero-order valence-electron chi connectivity index (χ0n) is 11.3. The van der Waals surface area contributed by atoms with Crippen LogP contribution in [0.25, 0.3) is 12.2 Å². The van der Waals surface area contributed by atoms with Crippen molar-refractivity contribution < 1.29 is 0 Å². The topological polar surface area (TPSA) is 0 Å². The first-order chi connectivity index (χ1) is 7.86. The summed E-state index contributed by atoms with van der Waals surface area (Å²) in [6.07, 6.45) is 3.67. The average molecular weight is 254 g/mol. The van der Waals surface area contributed by atoms with E-state index in [4.69, 9.17) is 0 Å². The molecule has 0 heterocycles. The summed E-state index contributed by atoms with van der Waals surface area (Å²) in [5, 5.41) is 0. The first-order valence-electron chi connectivity index (χ1n) is 5.22. The third-order valence-electron chi connectivity index (χ3n) is 2.07. The first-order valence-corrected chi connectivity index (χ1v) is 5.22. The molecule has 2 aromatic carbocycles. The van der Waals surface area contributed by atoms with Gasteiger partial charge in [-0.1, -0.05) is 86.0 Å². The maximum atomic E-state index is 3.63. The van der Waals surface area contributed by atoms with Crippen molar-refractivity contribution in [3.05, 3.63) is 84.9 Å². The molecule has 0 aliphatic carbocycles. The Morgan fingerprint density at radius 2 is 0.833 bits per heavy atom. The van der Waals surface area contributed by atoms with Gasteiger partial charge in [0.05, 0.1) is 0 Å². The van der Waals surface area contributed by atoms with Crippen molar-refractivity contribution in [2.75, 3.05) is 0 Å². The Morgan fingerprint density at radius 1 is 0.556 bits per heavy atom. The minimum Gasteiger partial charge on any atom is -0.0985 e. The van der Waals surface area contributed by atoms with Crippen LogP contribution in [0.2, 0.25) is 0 Å². The van der Waals surface area contributed by atoms with Crippen molar-refractivity contribution in [2.45, 2.75) is 0 Å². The van der Waals surface area contributed by atoms with Crippen LogP contribution in [-0.4, -0.2) is 59.1 Å². The van der Waals surface area contributed by atoms with Crippen molar-refractivity contribution in [2.24, 2.45) is 0 Å². The van der Waals surface area contributed by atoms with Gasteiger partial charge in [0, 0.05) is 59.1 Å². The van der Waals surface area contributed by atoms with Gasteiger partial charge in [-0.05, 0) is 11.1 Å². The average Bonchev–Trinajstić information content (AvgIpc) is 2.41. The molecule has 0 aliphatic rings. The Kier molecular flexibility index (Phi) is 15.0. The van der Waals surface area contributed by atoms with E-state index in [1.54, 1.807) is 0 Å². The number of hydrogen-bond acceptors (Lipinski definition) is 0. The molecule has 0 atom stereocenters.